The van der Waals surface area contributed by atoms with Gasteiger partial charge in [0.25, 0.3) is 0 Å². The fourth-order valence-corrected chi connectivity index (χ4v) is 3.10. The maximum absolute atomic E-state index is 4.83. The van der Waals surface area contributed by atoms with Crippen molar-refractivity contribution in [1.82, 2.24) is 19.4 Å². The van der Waals surface area contributed by atoms with Gasteiger partial charge in [0, 0.05) is 25.7 Å². The minimum Gasteiger partial charge on any atom is -0.311 e. The van der Waals surface area contributed by atoms with Crippen LogP contribution in [0.1, 0.15) is 39.4 Å². The molecule has 4 heteroatoms. The lowest BCUT2D eigenvalue weighted by Crippen LogP contribution is -2.25. The summed E-state index contributed by atoms with van der Waals surface area (Å²) in [5.41, 5.74) is 2.31. The van der Waals surface area contributed by atoms with Crippen molar-refractivity contribution >= 4 is 11.2 Å². The van der Waals surface area contributed by atoms with Crippen molar-refractivity contribution in [1.29, 1.82) is 0 Å². The van der Waals surface area contributed by atoms with Crippen LogP contribution in [-0.2, 0) is 13.0 Å². The quantitative estimate of drug-likeness (QED) is 0.866. The molecule has 114 valence electrons. The van der Waals surface area contributed by atoms with Gasteiger partial charge in [-0.05, 0) is 43.5 Å². The lowest BCUT2D eigenvalue weighted by molar-refractivity contribution is 0.317. The largest absolute Gasteiger partial charge is 0.311 e. The molecule has 1 aliphatic rings. The maximum Gasteiger partial charge on any atom is 0.160 e. The van der Waals surface area contributed by atoms with Crippen molar-refractivity contribution in [2.24, 2.45) is 5.41 Å². The molecule has 0 bridgehead atoms. The van der Waals surface area contributed by atoms with Crippen LogP contribution < -0.4 is 0 Å². The molecule has 1 saturated heterocycles. The Morgan fingerprint density at radius 2 is 1.90 bits per heavy atom. The molecule has 0 unspecified atom stereocenters. The first kappa shape index (κ1) is 14.5. The van der Waals surface area contributed by atoms with Crippen LogP contribution in [0.3, 0.4) is 0 Å². The van der Waals surface area contributed by atoms with Crippen LogP contribution in [0.4, 0.5) is 0 Å². The summed E-state index contributed by atoms with van der Waals surface area (Å²) in [5.74, 6) is 1.18. The number of likely N-dealkylation sites (tertiary alicyclic amines) is 1. The van der Waals surface area contributed by atoms with Gasteiger partial charge in [0.1, 0.15) is 11.3 Å². The van der Waals surface area contributed by atoms with E-state index in [1.807, 2.05) is 12.3 Å². The topological polar surface area (TPSA) is 34.0 Å². The first-order valence-electron chi connectivity index (χ1n) is 8.05. The Hall–Kier alpha value is -1.42. The van der Waals surface area contributed by atoms with Gasteiger partial charge in [0.05, 0.1) is 0 Å². The fraction of sp³-hybridized carbons (Fsp3) is 0.647. The van der Waals surface area contributed by atoms with E-state index in [9.17, 15) is 0 Å². The van der Waals surface area contributed by atoms with Gasteiger partial charge in [-0.1, -0.05) is 20.8 Å². The van der Waals surface area contributed by atoms with Crippen LogP contribution >= 0.6 is 0 Å². The van der Waals surface area contributed by atoms with E-state index in [-0.39, 0.29) is 5.41 Å². The van der Waals surface area contributed by atoms with Crippen LogP contribution in [-0.4, -0.2) is 39.1 Å². The number of rotatable bonds is 4. The average Bonchev–Trinajstić information content (AvgIpc) is 3.01. The van der Waals surface area contributed by atoms with Crippen molar-refractivity contribution in [3.8, 4) is 0 Å². The highest BCUT2D eigenvalue weighted by Gasteiger charge is 2.19. The number of pyridine rings is 1. The highest BCUT2D eigenvalue weighted by molar-refractivity contribution is 5.71. The summed E-state index contributed by atoms with van der Waals surface area (Å²) >= 11 is 0. The summed E-state index contributed by atoms with van der Waals surface area (Å²) in [6.45, 7) is 11.4. The number of aromatic nitrogens is 3. The smallest absolute Gasteiger partial charge is 0.160 e. The Balaban J connectivity index is 1.87. The van der Waals surface area contributed by atoms with Crippen LogP contribution in [0.15, 0.2) is 18.3 Å². The summed E-state index contributed by atoms with van der Waals surface area (Å²) in [4.78, 5) is 11.9. The molecule has 1 aliphatic heterocycles. The second-order valence-corrected chi connectivity index (χ2v) is 7.31. The average molecular weight is 286 g/mol. The highest BCUT2D eigenvalue weighted by atomic mass is 15.2. The molecule has 1 fully saturated rings. The zero-order valence-corrected chi connectivity index (χ0v) is 13.5. The van der Waals surface area contributed by atoms with Crippen molar-refractivity contribution in [3.05, 3.63) is 24.2 Å². The third-order valence-corrected chi connectivity index (χ3v) is 4.11. The maximum atomic E-state index is 4.83. The van der Waals surface area contributed by atoms with Crippen LogP contribution in [0.25, 0.3) is 11.2 Å². The van der Waals surface area contributed by atoms with Gasteiger partial charge >= 0.3 is 0 Å². The van der Waals surface area contributed by atoms with E-state index in [0.717, 1.165) is 30.7 Å². The molecule has 0 atom stereocenters. The van der Waals surface area contributed by atoms with Gasteiger partial charge < -0.3 is 9.47 Å². The first-order valence-corrected chi connectivity index (χ1v) is 8.05. The molecular formula is C17H26N4. The van der Waals surface area contributed by atoms with E-state index < -0.39 is 0 Å². The number of nitrogens with zero attached hydrogens (tertiary/aromatic N) is 4. The van der Waals surface area contributed by atoms with Gasteiger partial charge in [-0.15, -0.1) is 0 Å². The summed E-state index contributed by atoms with van der Waals surface area (Å²) in [6, 6.07) is 4.04. The lowest BCUT2D eigenvalue weighted by atomic mass is 9.92. The molecule has 4 nitrogen and oxygen atoms in total. The van der Waals surface area contributed by atoms with Gasteiger partial charge in [-0.25, -0.2) is 9.97 Å². The van der Waals surface area contributed by atoms with E-state index in [1.54, 1.807) is 0 Å². The zero-order valence-electron chi connectivity index (χ0n) is 13.5. The van der Waals surface area contributed by atoms with E-state index in [1.165, 1.54) is 31.8 Å². The molecule has 0 spiro atoms. The number of imidazole rings is 1. The Morgan fingerprint density at radius 1 is 1.14 bits per heavy atom. The Labute approximate surface area is 127 Å². The standard InChI is InChI=1S/C17H26N4/c1-17(2,3)13-15-19-14-7-6-8-18-16(14)21(15)12-11-20-9-4-5-10-20/h6-8H,4-5,9-13H2,1-3H3. The van der Waals surface area contributed by atoms with Crippen LogP contribution in [0.2, 0.25) is 0 Å². The summed E-state index contributed by atoms with van der Waals surface area (Å²) in [5, 5.41) is 0. The molecule has 0 radical (unpaired) electrons. The number of hydrogen-bond acceptors (Lipinski definition) is 3. The van der Waals surface area contributed by atoms with E-state index in [4.69, 9.17) is 4.98 Å². The van der Waals surface area contributed by atoms with E-state index in [2.05, 4.69) is 41.3 Å². The fourth-order valence-electron chi connectivity index (χ4n) is 3.10. The first-order chi connectivity index (χ1) is 10.0. The SMILES string of the molecule is CC(C)(C)Cc1nc2cccnc2n1CCN1CCCC1. The Kier molecular flexibility index (Phi) is 3.98. The molecule has 3 heterocycles. The molecule has 2 aromatic heterocycles. The van der Waals surface area contributed by atoms with Gasteiger partial charge in [0.15, 0.2) is 5.65 Å². The van der Waals surface area contributed by atoms with Crippen LogP contribution in [0.5, 0.6) is 0 Å². The van der Waals surface area contributed by atoms with E-state index in [0.29, 0.717) is 0 Å². The minimum absolute atomic E-state index is 0.243. The lowest BCUT2D eigenvalue weighted by Gasteiger charge is -2.20. The number of hydrogen-bond donors (Lipinski definition) is 0. The molecule has 0 aliphatic carbocycles. The Bertz CT molecular complexity index is 603. The highest BCUT2D eigenvalue weighted by Crippen LogP contribution is 2.23. The van der Waals surface area contributed by atoms with Gasteiger partial charge in [-0.2, -0.15) is 0 Å². The molecule has 0 amide bonds. The second kappa shape index (κ2) is 5.76. The van der Waals surface area contributed by atoms with Crippen molar-refractivity contribution in [2.75, 3.05) is 19.6 Å². The van der Waals surface area contributed by atoms with Crippen LogP contribution in [0, 0.1) is 5.41 Å². The minimum atomic E-state index is 0.243. The van der Waals surface area contributed by atoms with Crippen molar-refractivity contribution in [2.45, 2.75) is 46.6 Å². The van der Waals surface area contributed by atoms with Crippen molar-refractivity contribution in [3.63, 3.8) is 0 Å². The molecule has 0 aromatic carbocycles. The predicted octanol–water partition coefficient (Wildman–Crippen LogP) is 3.12. The molecule has 0 saturated carbocycles. The Morgan fingerprint density at radius 3 is 2.62 bits per heavy atom. The van der Waals surface area contributed by atoms with Gasteiger partial charge in [0.2, 0.25) is 0 Å². The summed E-state index contributed by atoms with van der Waals surface area (Å²) < 4.78 is 2.33. The molecule has 0 N–H and O–H groups in total. The zero-order chi connectivity index (χ0) is 14.9. The predicted molar refractivity (Wildman–Crippen MR) is 86.4 cm³/mol. The molecular weight excluding hydrogens is 260 g/mol. The van der Waals surface area contributed by atoms with Gasteiger partial charge in [-0.3, -0.25) is 0 Å². The third-order valence-electron chi connectivity index (χ3n) is 4.11. The van der Waals surface area contributed by atoms with Crippen molar-refractivity contribution < 1.29 is 0 Å². The summed E-state index contributed by atoms with van der Waals surface area (Å²) in [6.07, 6.45) is 5.55. The monoisotopic (exact) mass is 286 g/mol. The third kappa shape index (κ3) is 3.43. The number of fused-ring (bicyclic) bond motifs is 1. The second-order valence-electron chi connectivity index (χ2n) is 7.31. The summed E-state index contributed by atoms with van der Waals surface area (Å²) in [7, 11) is 0. The van der Waals surface area contributed by atoms with E-state index >= 15 is 0 Å². The molecule has 3 rings (SSSR count). The normalized spacial score (nSPS) is 16.9. The molecule has 21 heavy (non-hydrogen) atoms. The molecule has 2 aromatic rings.